The molecule has 0 radical (unpaired) electrons. The van der Waals surface area contributed by atoms with E-state index in [1.807, 2.05) is 6.92 Å². The molecule has 0 heterocycles. The van der Waals surface area contributed by atoms with Crippen molar-refractivity contribution in [3.63, 3.8) is 0 Å². The largest absolute Gasteiger partial charge is 0.396 e. The van der Waals surface area contributed by atoms with Gasteiger partial charge in [0.25, 0.3) is 0 Å². The van der Waals surface area contributed by atoms with Gasteiger partial charge in [0, 0.05) is 19.2 Å². The number of carbonyl (C=O) groups is 1. The summed E-state index contributed by atoms with van der Waals surface area (Å²) in [4.78, 5) is 11.4. The van der Waals surface area contributed by atoms with Crippen LogP contribution in [0.3, 0.4) is 0 Å². The Balaban J connectivity index is 3.37. The Hall–Kier alpha value is -0.610. The molecule has 4 heteroatoms. The number of aliphatic hydroxyl groups is 1. The van der Waals surface area contributed by atoms with Gasteiger partial charge in [-0.1, -0.05) is 13.8 Å². The van der Waals surface area contributed by atoms with Gasteiger partial charge in [-0.25, -0.2) is 0 Å². The first kappa shape index (κ1) is 15.4. The summed E-state index contributed by atoms with van der Waals surface area (Å²) in [5, 5.41) is 14.8. The van der Waals surface area contributed by atoms with Crippen molar-refractivity contribution in [1.29, 1.82) is 0 Å². The fourth-order valence-electron chi connectivity index (χ4n) is 1.24. The number of rotatable bonds is 9. The molecule has 0 rings (SSSR count). The molecule has 0 aliphatic carbocycles. The Morgan fingerprint density at radius 3 is 2.62 bits per heavy atom. The Morgan fingerprint density at radius 1 is 1.38 bits per heavy atom. The van der Waals surface area contributed by atoms with Gasteiger partial charge < -0.3 is 15.7 Å². The molecule has 0 spiro atoms. The summed E-state index contributed by atoms with van der Waals surface area (Å²) in [5.41, 5.74) is 0. The minimum Gasteiger partial charge on any atom is -0.396 e. The molecule has 3 N–H and O–H groups in total. The van der Waals surface area contributed by atoms with Gasteiger partial charge in [-0.15, -0.1) is 0 Å². The summed E-state index contributed by atoms with van der Waals surface area (Å²) in [5.74, 6) is 0.382. The summed E-state index contributed by atoms with van der Waals surface area (Å²) >= 11 is 0. The minimum absolute atomic E-state index is 0.0527. The smallest absolute Gasteiger partial charge is 0.233 e. The average Bonchev–Trinajstić information content (AvgIpc) is 2.31. The lowest BCUT2D eigenvalue weighted by atomic mass is 10.1. The van der Waals surface area contributed by atoms with Crippen molar-refractivity contribution in [2.24, 2.45) is 5.92 Å². The van der Waals surface area contributed by atoms with E-state index in [4.69, 9.17) is 5.11 Å². The predicted octanol–water partition coefficient (Wildman–Crippen LogP) is 0.899. The highest BCUT2D eigenvalue weighted by molar-refractivity contribution is 5.77. The molecule has 0 fully saturated rings. The SMILES string of the molecule is CCC(C)NCC(=O)NCCCC(C)CO. The number of hydrogen-bond acceptors (Lipinski definition) is 3. The van der Waals surface area contributed by atoms with E-state index in [1.165, 1.54) is 0 Å². The van der Waals surface area contributed by atoms with Crippen molar-refractivity contribution in [2.45, 2.75) is 46.1 Å². The Bertz CT molecular complexity index is 186. The van der Waals surface area contributed by atoms with Crippen LogP contribution >= 0.6 is 0 Å². The number of amides is 1. The van der Waals surface area contributed by atoms with Gasteiger partial charge in [0.2, 0.25) is 5.91 Å². The first-order valence-electron chi connectivity index (χ1n) is 6.21. The van der Waals surface area contributed by atoms with E-state index in [-0.39, 0.29) is 12.5 Å². The quantitative estimate of drug-likeness (QED) is 0.516. The Morgan fingerprint density at radius 2 is 2.06 bits per heavy atom. The van der Waals surface area contributed by atoms with E-state index in [0.717, 1.165) is 19.3 Å². The second-order valence-electron chi connectivity index (χ2n) is 4.47. The van der Waals surface area contributed by atoms with E-state index in [2.05, 4.69) is 24.5 Å². The highest BCUT2D eigenvalue weighted by atomic mass is 16.3. The van der Waals surface area contributed by atoms with Crippen LogP contribution in [0.1, 0.15) is 40.0 Å². The van der Waals surface area contributed by atoms with E-state index < -0.39 is 0 Å². The molecule has 0 bridgehead atoms. The Kier molecular flexibility index (Phi) is 9.24. The van der Waals surface area contributed by atoms with E-state index >= 15 is 0 Å². The first-order chi connectivity index (χ1) is 7.60. The van der Waals surface area contributed by atoms with Crippen LogP contribution in [0.2, 0.25) is 0 Å². The summed E-state index contributed by atoms with van der Waals surface area (Å²) < 4.78 is 0. The molecule has 0 saturated heterocycles. The highest BCUT2D eigenvalue weighted by Crippen LogP contribution is 2.02. The zero-order valence-electron chi connectivity index (χ0n) is 10.8. The number of aliphatic hydroxyl groups excluding tert-OH is 1. The van der Waals surface area contributed by atoms with Gasteiger partial charge in [-0.3, -0.25) is 4.79 Å². The lowest BCUT2D eigenvalue weighted by Gasteiger charge is -2.12. The maximum atomic E-state index is 11.4. The average molecular weight is 230 g/mol. The number of nitrogens with one attached hydrogen (secondary N) is 2. The molecule has 0 aromatic carbocycles. The lowest BCUT2D eigenvalue weighted by molar-refractivity contribution is -0.120. The molecule has 0 aliphatic rings. The van der Waals surface area contributed by atoms with Gasteiger partial charge >= 0.3 is 0 Å². The summed E-state index contributed by atoms with van der Waals surface area (Å²) in [6.07, 6.45) is 2.91. The van der Waals surface area contributed by atoms with E-state index in [0.29, 0.717) is 25.0 Å². The fraction of sp³-hybridized carbons (Fsp3) is 0.917. The molecule has 0 aromatic heterocycles. The second kappa shape index (κ2) is 9.60. The first-order valence-corrected chi connectivity index (χ1v) is 6.21. The van der Waals surface area contributed by atoms with Gasteiger partial charge in [0.05, 0.1) is 6.54 Å². The van der Waals surface area contributed by atoms with Crippen molar-refractivity contribution >= 4 is 5.91 Å². The summed E-state index contributed by atoms with van der Waals surface area (Å²) in [6.45, 7) is 7.48. The van der Waals surface area contributed by atoms with Gasteiger partial charge in [0.15, 0.2) is 0 Å². The maximum absolute atomic E-state index is 11.4. The fourth-order valence-corrected chi connectivity index (χ4v) is 1.24. The molecule has 0 aromatic rings. The van der Waals surface area contributed by atoms with Crippen LogP contribution in [0.4, 0.5) is 0 Å². The molecule has 16 heavy (non-hydrogen) atoms. The third kappa shape index (κ3) is 8.68. The van der Waals surface area contributed by atoms with Crippen molar-refractivity contribution in [2.75, 3.05) is 19.7 Å². The molecule has 96 valence electrons. The lowest BCUT2D eigenvalue weighted by Crippen LogP contribution is -2.38. The summed E-state index contributed by atoms with van der Waals surface area (Å²) in [6, 6.07) is 0.389. The topological polar surface area (TPSA) is 61.4 Å². The van der Waals surface area contributed by atoms with Crippen LogP contribution < -0.4 is 10.6 Å². The van der Waals surface area contributed by atoms with Crippen LogP contribution in [0.15, 0.2) is 0 Å². The van der Waals surface area contributed by atoms with Crippen LogP contribution in [-0.2, 0) is 4.79 Å². The number of hydrogen-bond donors (Lipinski definition) is 3. The van der Waals surface area contributed by atoms with Crippen molar-refractivity contribution in [3.8, 4) is 0 Å². The monoisotopic (exact) mass is 230 g/mol. The minimum atomic E-state index is 0.0527. The summed E-state index contributed by atoms with van der Waals surface area (Å²) in [7, 11) is 0. The molecule has 0 saturated carbocycles. The van der Waals surface area contributed by atoms with Crippen LogP contribution in [0, 0.1) is 5.92 Å². The van der Waals surface area contributed by atoms with Crippen LogP contribution in [0.5, 0.6) is 0 Å². The van der Waals surface area contributed by atoms with Crippen LogP contribution in [0.25, 0.3) is 0 Å². The van der Waals surface area contributed by atoms with Gasteiger partial charge in [-0.2, -0.15) is 0 Å². The molecule has 2 atom stereocenters. The maximum Gasteiger partial charge on any atom is 0.233 e. The molecular weight excluding hydrogens is 204 g/mol. The molecular formula is C12H26N2O2. The normalized spacial score (nSPS) is 14.5. The second-order valence-corrected chi connectivity index (χ2v) is 4.47. The van der Waals surface area contributed by atoms with Crippen molar-refractivity contribution in [1.82, 2.24) is 10.6 Å². The standard InChI is InChI=1S/C12H26N2O2/c1-4-11(3)14-8-12(16)13-7-5-6-10(2)9-15/h10-11,14-15H,4-9H2,1-3H3,(H,13,16). The third-order valence-electron chi connectivity index (χ3n) is 2.73. The molecule has 4 nitrogen and oxygen atoms in total. The molecule has 2 unspecified atom stereocenters. The van der Waals surface area contributed by atoms with Gasteiger partial charge in [0.1, 0.15) is 0 Å². The molecule has 1 amide bonds. The Labute approximate surface area is 98.8 Å². The van der Waals surface area contributed by atoms with E-state index in [9.17, 15) is 4.79 Å². The molecule has 0 aliphatic heterocycles. The van der Waals surface area contributed by atoms with E-state index in [1.54, 1.807) is 0 Å². The number of carbonyl (C=O) groups excluding carboxylic acids is 1. The van der Waals surface area contributed by atoms with Crippen molar-refractivity contribution < 1.29 is 9.90 Å². The van der Waals surface area contributed by atoms with Crippen LogP contribution in [-0.4, -0.2) is 36.8 Å². The third-order valence-corrected chi connectivity index (χ3v) is 2.73. The van der Waals surface area contributed by atoms with Crippen molar-refractivity contribution in [3.05, 3.63) is 0 Å². The predicted molar refractivity (Wildman–Crippen MR) is 66.2 cm³/mol. The zero-order chi connectivity index (χ0) is 12.4. The highest BCUT2D eigenvalue weighted by Gasteiger charge is 2.04. The van der Waals surface area contributed by atoms with Gasteiger partial charge in [-0.05, 0) is 32.1 Å². The zero-order valence-corrected chi connectivity index (χ0v) is 10.8.